The molecule has 1 atom stereocenters. The first-order valence-electron chi connectivity index (χ1n) is 5.41. The summed E-state index contributed by atoms with van der Waals surface area (Å²) in [6.45, 7) is 3.10. The Bertz CT molecular complexity index is 313. The molecule has 15 heavy (non-hydrogen) atoms. The number of furan rings is 1. The Hall–Kier alpha value is -0.320. The lowest BCUT2D eigenvalue weighted by atomic mass is 10.2. The molecule has 1 aliphatic heterocycles. The molecular formula is C11H17BrN2O. The molecule has 84 valence electrons. The maximum atomic E-state index is 5.42. The molecule has 0 bridgehead atoms. The van der Waals surface area contributed by atoms with Crippen LogP contribution in [-0.2, 0) is 6.54 Å². The third-order valence-electron chi connectivity index (χ3n) is 2.98. The average molecular weight is 273 g/mol. The van der Waals surface area contributed by atoms with E-state index in [1.807, 2.05) is 12.1 Å². The van der Waals surface area contributed by atoms with Gasteiger partial charge in [-0.15, -0.1) is 0 Å². The van der Waals surface area contributed by atoms with Gasteiger partial charge in [-0.25, -0.2) is 0 Å². The van der Waals surface area contributed by atoms with E-state index in [-0.39, 0.29) is 0 Å². The predicted molar refractivity (Wildman–Crippen MR) is 63.8 cm³/mol. The van der Waals surface area contributed by atoms with Gasteiger partial charge in [0.05, 0.1) is 6.54 Å². The minimum atomic E-state index is 0.698. The standard InChI is InChI=1S/C11H17BrN2O/c1-14-6-2-3-9(14)7-13-8-10-4-5-11(12)15-10/h4-5,9,13H,2-3,6-8H2,1H3. The van der Waals surface area contributed by atoms with Crippen LogP contribution in [0.2, 0.25) is 0 Å². The maximum absolute atomic E-state index is 5.42. The van der Waals surface area contributed by atoms with E-state index in [4.69, 9.17) is 4.42 Å². The SMILES string of the molecule is CN1CCCC1CNCc1ccc(Br)o1. The summed E-state index contributed by atoms with van der Waals surface area (Å²) in [5, 5.41) is 3.43. The molecule has 2 rings (SSSR count). The number of hydrogen-bond acceptors (Lipinski definition) is 3. The van der Waals surface area contributed by atoms with Crippen molar-refractivity contribution in [2.45, 2.75) is 25.4 Å². The Morgan fingerprint density at radius 1 is 1.60 bits per heavy atom. The van der Waals surface area contributed by atoms with Crippen molar-refractivity contribution in [1.82, 2.24) is 10.2 Å². The molecule has 0 amide bonds. The van der Waals surface area contributed by atoms with Gasteiger partial charge in [0.15, 0.2) is 4.67 Å². The van der Waals surface area contributed by atoms with E-state index in [0.717, 1.165) is 23.5 Å². The lowest BCUT2D eigenvalue weighted by Gasteiger charge is -2.19. The van der Waals surface area contributed by atoms with Gasteiger partial charge in [0, 0.05) is 12.6 Å². The molecule has 1 aromatic heterocycles. The van der Waals surface area contributed by atoms with Gasteiger partial charge in [0.25, 0.3) is 0 Å². The molecule has 0 saturated carbocycles. The van der Waals surface area contributed by atoms with Crippen molar-refractivity contribution in [3.05, 3.63) is 22.6 Å². The summed E-state index contributed by atoms with van der Waals surface area (Å²) >= 11 is 3.30. The number of halogens is 1. The van der Waals surface area contributed by atoms with Gasteiger partial charge in [-0.3, -0.25) is 0 Å². The minimum Gasteiger partial charge on any atom is -0.453 e. The molecule has 0 spiro atoms. The molecule has 1 N–H and O–H groups in total. The topological polar surface area (TPSA) is 28.4 Å². The molecule has 3 nitrogen and oxygen atoms in total. The highest BCUT2D eigenvalue weighted by molar-refractivity contribution is 9.10. The van der Waals surface area contributed by atoms with Crippen LogP contribution in [0.25, 0.3) is 0 Å². The van der Waals surface area contributed by atoms with E-state index >= 15 is 0 Å². The molecule has 2 heterocycles. The molecule has 1 unspecified atom stereocenters. The van der Waals surface area contributed by atoms with Crippen molar-refractivity contribution in [1.29, 1.82) is 0 Å². The van der Waals surface area contributed by atoms with E-state index in [1.54, 1.807) is 0 Å². The molecule has 0 aromatic carbocycles. The van der Waals surface area contributed by atoms with E-state index in [2.05, 4.69) is 33.2 Å². The van der Waals surface area contributed by atoms with Gasteiger partial charge in [-0.2, -0.15) is 0 Å². The number of nitrogens with zero attached hydrogens (tertiary/aromatic N) is 1. The highest BCUT2D eigenvalue weighted by Crippen LogP contribution is 2.15. The molecule has 0 radical (unpaired) electrons. The molecule has 1 saturated heterocycles. The zero-order valence-corrected chi connectivity index (χ0v) is 10.6. The van der Waals surface area contributed by atoms with E-state index in [9.17, 15) is 0 Å². The zero-order chi connectivity index (χ0) is 10.7. The van der Waals surface area contributed by atoms with Crippen LogP contribution >= 0.6 is 15.9 Å². The Morgan fingerprint density at radius 3 is 3.07 bits per heavy atom. The number of hydrogen-bond donors (Lipinski definition) is 1. The van der Waals surface area contributed by atoms with Crippen LogP contribution in [-0.4, -0.2) is 31.1 Å². The number of nitrogens with one attached hydrogen (secondary N) is 1. The fraction of sp³-hybridized carbons (Fsp3) is 0.636. The van der Waals surface area contributed by atoms with Gasteiger partial charge < -0.3 is 14.6 Å². The second kappa shape index (κ2) is 5.14. The van der Waals surface area contributed by atoms with Crippen LogP contribution in [0.1, 0.15) is 18.6 Å². The first-order valence-corrected chi connectivity index (χ1v) is 6.20. The van der Waals surface area contributed by atoms with Crippen LogP contribution in [0.15, 0.2) is 21.2 Å². The molecular weight excluding hydrogens is 256 g/mol. The lowest BCUT2D eigenvalue weighted by molar-refractivity contribution is 0.297. The largest absolute Gasteiger partial charge is 0.453 e. The first-order chi connectivity index (χ1) is 7.25. The van der Waals surface area contributed by atoms with Crippen molar-refractivity contribution in [2.24, 2.45) is 0 Å². The third kappa shape index (κ3) is 3.06. The minimum absolute atomic E-state index is 0.698. The second-order valence-electron chi connectivity index (χ2n) is 4.11. The van der Waals surface area contributed by atoms with Crippen molar-refractivity contribution < 1.29 is 4.42 Å². The third-order valence-corrected chi connectivity index (χ3v) is 3.41. The highest BCUT2D eigenvalue weighted by Gasteiger charge is 2.19. The Labute approximate surface area is 99.0 Å². The predicted octanol–water partition coefficient (Wildman–Crippen LogP) is 2.23. The number of likely N-dealkylation sites (tertiary alicyclic amines) is 1. The van der Waals surface area contributed by atoms with Crippen molar-refractivity contribution in [3.8, 4) is 0 Å². The first kappa shape index (κ1) is 11.2. The summed E-state index contributed by atoms with van der Waals surface area (Å²) in [5.74, 6) is 0.988. The van der Waals surface area contributed by atoms with Crippen molar-refractivity contribution in [2.75, 3.05) is 20.1 Å². The Morgan fingerprint density at radius 2 is 2.47 bits per heavy atom. The number of rotatable bonds is 4. The zero-order valence-electron chi connectivity index (χ0n) is 9.00. The van der Waals surface area contributed by atoms with Crippen LogP contribution in [0.4, 0.5) is 0 Å². The fourth-order valence-electron chi connectivity index (χ4n) is 2.05. The van der Waals surface area contributed by atoms with Crippen LogP contribution in [0.3, 0.4) is 0 Å². The molecule has 1 aliphatic rings. The van der Waals surface area contributed by atoms with E-state index in [0.29, 0.717) is 6.04 Å². The average Bonchev–Trinajstić information content (AvgIpc) is 2.77. The monoisotopic (exact) mass is 272 g/mol. The van der Waals surface area contributed by atoms with Crippen LogP contribution in [0, 0.1) is 0 Å². The summed E-state index contributed by atoms with van der Waals surface area (Å²) in [7, 11) is 2.20. The quantitative estimate of drug-likeness (QED) is 0.911. The molecule has 1 aromatic rings. The van der Waals surface area contributed by atoms with E-state index < -0.39 is 0 Å². The van der Waals surface area contributed by atoms with Crippen LogP contribution in [0.5, 0.6) is 0 Å². The Kier molecular flexibility index (Phi) is 3.83. The normalized spacial score (nSPS) is 22.4. The van der Waals surface area contributed by atoms with Crippen molar-refractivity contribution >= 4 is 15.9 Å². The summed E-state index contributed by atoms with van der Waals surface area (Å²) in [5.41, 5.74) is 0. The summed E-state index contributed by atoms with van der Waals surface area (Å²) in [6.07, 6.45) is 2.64. The van der Waals surface area contributed by atoms with E-state index in [1.165, 1.54) is 19.4 Å². The number of likely N-dealkylation sites (N-methyl/N-ethyl adjacent to an activating group) is 1. The van der Waals surface area contributed by atoms with Crippen molar-refractivity contribution in [3.63, 3.8) is 0 Å². The van der Waals surface area contributed by atoms with Gasteiger partial charge in [0.2, 0.25) is 0 Å². The van der Waals surface area contributed by atoms with Gasteiger partial charge in [-0.1, -0.05) is 0 Å². The van der Waals surface area contributed by atoms with Gasteiger partial charge >= 0.3 is 0 Å². The fourth-order valence-corrected chi connectivity index (χ4v) is 2.39. The van der Waals surface area contributed by atoms with Gasteiger partial charge in [0.1, 0.15) is 5.76 Å². The molecule has 4 heteroatoms. The maximum Gasteiger partial charge on any atom is 0.169 e. The molecule has 0 aliphatic carbocycles. The summed E-state index contributed by atoms with van der Waals surface area (Å²) in [4.78, 5) is 2.42. The summed E-state index contributed by atoms with van der Waals surface area (Å²) in [6, 6.07) is 4.62. The second-order valence-corrected chi connectivity index (χ2v) is 4.89. The molecule has 1 fully saturated rings. The summed E-state index contributed by atoms with van der Waals surface area (Å²) < 4.78 is 6.22. The smallest absolute Gasteiger partial charge is 0.169 e. The van der Waals surface area contributed by atoms with Gasteiger partial charge in [-0.05, 0) is 54.5 Å². The van der Waals surface area contributed by atoms with Crippen LogP contribution < -0.4 is 5.32 Å². The Balaban J connectivity index is 1.70. The highest BCUT2D eigenvalue weighted by atomic mass is 79.9. The lowest BCUT2D eigenvalue weighted by Crippen LogP contribution is -2.35.